The number of hydrogen-bond acceptors (Lipinski definition) is 4. The molecule has 0 aromatic heterocycles. The third kappa shape index (κ3) is 8.56. The van der Waals surface area contributed by atoms with E-state index in [1.807, 2.05) is 49.4 Å². The van der Waals surface area contributed by atoms with Crippen molar-refractivity contribution in [1.29, 1.82) is 0 Å². The number of amides is 2. The molecule has 46 heavy (non-hydrogen) atoms. The van der Waals surface area contributed by atoms with Gasteiger partial charge in [0.05, 0.1) is 10.6 Å². The number of aryl methyl sites for hydroxylation is 1. The predicted molar refractivity (Wildman–Crippen MR) is 183 cm³/mol. The average molecular weight is 658 g/mol. The SMILES string of the molecule is Cc1ccc(S(=O)(=O)N(CC(=O)N(Cc2ccc(Cl)cc2)[C@@H](Cc2ccccc2)C(=O)NC2CCCCC2)c2ccccc2)cc1. The monoisotopic (exact) mass is 657 g/mol. The molecule has 1 saturated carbocycles. The Morgan fingerprint density at radius 2 is 1.41 bits per heavy atom. The van der Waals surface area contributed by atoms with Crippen molar-refractivity contribution >= 4 is 39.1 Å². The largest absolute Gasteiger partial charge is 0.352 e. The first-order valence-electron chi connectivity index (χ1n) is 15.7. The summed E-state index contributed by atoms with van der Waals surface area (Å²) < 4.78 is 29.4. The Morgan fingerprint density at radius 1 is 0.804 bits per heavy atom. The molecule has 9 heteroatoms. The van der Waals surface area contributed by atoms with Crippen LogP contribution in [0.15, 0.2) is 114 Å². The van der Waals surface area contributed by atoms with Crippen molar-refractivity contribution in [2.75, 3.05) is 10.8 Å². The van der Waals surface area contributed by atoms with Gasteiger partial charge in [-0.3, -0.25) is 13.9 Å². The van der Waals surface area contributed by atoms with Crippen LogP contribution in [0.1, 0.15) is 48.8 Å². The highest BCUT2D eigenvalue weighted by molar-refractivity contribution is 7.92. The summed E-state index contributed by atoms with van der Waals surface area (Å²) in [6, 6.07) is 31.0. The van der Waals surface area contributed by atoms with Crippen LogP contribution < -0.4 is 9.62 Å². The fraction of sp³-hybridized carbons (Fsp3) is 0.297. The van der Waals surface area contributed by atoms with E-state index in [1.165, 1.54) is 4.90 Å². The van der Waals surface area contributed by atoms with E-state index < -0.39 is 28.5 Å². The van der Waals surface area contributed by atoms with E-state index in [0.717, 1.165) is 53.1 Å². The van der Waals surface area contributed by atoms with Gasteiger partial charge in [0.2, 0.25) is 11.8 Å². The number of benzene rings is 4. The lowest BCUT2D eigenvalue weighted by Crippen LogP contribution is -2.55. The second-order valence-electron chi connectivity index (χ2n) is 11.9. The van der Waals surface area contributed by atoms with Gasteiger partial charge >= 0.3 is 0 Å². The number of hydrogen-bond donors (Lipinski definition) is 1. The zero-order valence-electron chi connectivity index (χ0n) is 26.0. The predicted octanol–water partition coefficient (Wildman–Crippen LogP) is 6.93. The molecule has 1 aliphatic carbocycles. The lowest BCUT2D eigenvalue weighted by molar-refractivity contribution is -0.140. The summed E-state index contributed by atoms with van der Waals surface area (Å²) in [7, 11) is -4.14. The maximum atomic E-state index is 14.6. The third-order valence-electron chi connectivity index (χ3n) is 8.42. The Kier molecular flexibility index (Phi) is 11.1. The number of halogens is 1. The first-order chi connectivity index (χ1) is 22.2. The number of carbonyl (C=O) groups is 2. The van der Waals surface area contributed by atoms with Gasteiger partial charge < -0.3 is 10.2 Å². The van der Waals surface area contributed by atoms with Crippen molar-refractivity contribution in [2.45, 2.75) is 69.0 Å². The normalized spacial score (nSPS) is 14.3. The van der Waals surface area contributed by atoms with Crippen LogP contribution in [0.3, 0.4) is 0 Å². The Hall–Kier alpha value is -4.14. The molecule has 1 atom stereocenters. The van der Waals surface area contributed by atoms with Gasteiger partial charge in [-0.15, -0.1) is 0 Å². The quantitative estimate of drug-likeness (QED) is 0.179. The lowest BCUT2D eigenvalue weighted by Gasteiger charge is -2.35. The molecule has 0 unspecified atom stereocenters. The van der Waals surface area contributed by atoms with E-state index in [0.29, 0.717) is 10.7 Å². The summed E-state index contributed by atoms with van der Waals surface area (Å²) in [4.78, 5) is 30.3. The van der Waals surface area contributed by atoms with Crippen molar-refractivity contribution in [3.05, 3.63) is 131 Å². The Labute approximate surface area is 277 Å². The summed E-state index contributed by atoms with van der Waals surface area (Å²) >= 11 is 6.18. The van der Waals surface area contributed by atoms with E-state index in [4.69, 9.17) is 11.6 Å². The summed E-state index contributed by atoms with van der Waals surface area (Å²) in [5.74, 6) is -0.736. The molecule has 0 radical (unpaired) electrons. The van der Waals surface area contributed by atoms with Gasteiger partial charge in [0.15, 0.2) is 0 Å². The minimum absolute atomic E-state index is 0.0368. The van der Waals surface area contributed by atoms with Gasteiger partial charge in [-0.1, -0.05) is 109 Å². The standard InChI is InChI=1S/C37H40ClN3O4S/c1-28-17-23-34(24-18-28)46(44,45)41(33-15-9-4-10-16-33)27-36(42)40(26-30-19-21-31(38)22-20-30)35(25-29-11-5-2-6-12-29)37(43)39-32-13-7-3-8-14-32/h2,4-6,9-12,15-24,32,35H,3,7-8,13-14,25-27H2,1H3,(H,39,43)/t35-/m0/s1. The fourth-order valence-corrected chi connectivity index (χ4v) is 7.39. The molecule has 7 nitrogen and oxygen atoms in total. The van der Waals surface area contributed by atoms with E-state index >= 15 is 0 Å². The van der Waals surface area contributed by atoms with Crippen molar-refractivity contribution in [2.24, 2.45) is 0 Å². The van der Waals surface area contributed by atoms with Crippen LogP contribution in [0, 0.1) is 6.92 Å². The molecule has 1 fully saturated rings. The molecule has 1 aliphatic rings. The minimum atomic E-state index is -4.14. The molecule has 0 saturated heterocycles. The van der Waals surface area contributed by atoms with E-state index in [1.54, 1.807) is 66.7 Å². The van der Waals surface area contributed by atoms with Crippen LogP contribution >= 0.6 is 11.6 Å². The zero-order chi connectivity index (χ0) is 32.5. The van der Waals surface area contributed by atoms with Crippen molar-refractivity contribution < 1.29 is 18.0 Å². The lowest BCUT2D eigenvalue weighted by atomic mass is 9.94. The molecular formula is C37H40ClN3O4S. The second-order valence-corrected chi connectivity index (χ2v) is 14.2. The Bertz CT molecular complexity index is 1690. The number of rotatable bonds is 12. The molecule has 4 aromatic rings. The van der Waals surface area contributed by atoms with Gasteiger partial charge in [0, 0.05) is 24.0 Å². The van der Waals surface area contributed by atoms with Crippen LogP contribution in [0.25, 0.3) is 0 Å². The molecule has 240 valence electrons. The van der Waals surface area contributed by atoms with Crippen molar-refractivity contribution in [1.82, 2.24) is 10.2 Å². The first-order valence-corrected chi connectivity index (χ1v) is 17.6. The van der Waals surface area contributed by atoms with E-state index in [9.17, 15) is 18.0 Å². The summed E-state index contributed by atoms with van der Waals surface area (Å²) in [5, 5.41) is 3.78. The van der Waals surface area contributed by atoms with Crippen LogP contribution in [-0.4, -0.2) is 43.8 Å². The van der Waals surface area contributed by atoms with Crippen LogP contribution in [-0.2, 0) is 32.6 Å². The molecule has 0 spiro atoms. The van der Waals surface area contributed by atoms with Gasteiger partial charge in [-0.25, -0.2) is 8.42 Å². The van der Waals surface area contributed by atoms with E-state index in [2.05, 4.69) is 5.32 Å². The number of anilines is 1. The molecule has 1 N–H and O–H groups in total. The highest BCUT2D eigenvalue weighted by Gasteiger charge is 2.35. The summed E-state index contributed by atoms with van der Waals surface area (Å²) in [5.41, 5.74) is 2.94. The number of nitrogens with zero attached hydrogens (tertiary/aromatic N) is 2. The van der Waals surface area contributed by atoms with E-state index in [-0.39, 0.29) is 29.8 Å². The molecular weight excluding hydrogens is 618 g/mol. The number of sulfonamides is 1. The van der Waals surface area contributed by atoms with Gasteiger partial charge in [-0.2, -0.15) is 0 Å². The highest BCUT2D eigenvalue weighted by atomic mass is 35.5. The Balaban J connectivity index is 1.54. The molecule has 4 aromatic carbocycles. The maximum absolute atomic E-state index is 14.6. The molecule has 0 aliphatic heterocycles. The number of nitrogens with one attached hydrogen (secondary N) is 1. The van der Waals surface area contributed by atoms with Crippen molar-refractivity contribution in [3.63, 3.8) is 0 Å². The van der Waals surface area contributed by atoms with Gasteiger partial charge in [-0.05, 0) is 67.3 Å². The Morgan fingerprint density at radius 3 is 2.04 bits per heavy atom. The summed E-state index contributed by atoms with van der Waals surface area (Å²) in [6.45, 7) is 1.49. The molecule has 5 rings (SSSR count). The van der Waals surface area contributed by atoms with Gasteiger partial charge in [0.1, 0.15) is 12.6 Å². The smallest absolute Gasteiger partial charge is 0.264 e. The number of carbonyl (C=O) groups excluding carboxylic acids is 2. The maximum Gasteiger partial charge on any atom is 0.264 e. The fourth-order valence-electron chi connectivity index (χ4n) is 5.85. The van der Waals surface area contributed by atoms with Gasteiger partial charge in [0.25, 0.3) is 10.0 Å². The molecule has 0 bridgehead atoms. The average Bonchev–Trinajstić information content (AvgIpc) is 3.07. The molecule has 0 heterocycles. The highest BCUT2D eigenvalue weighted by Crippen LogP contribution is 2.26. The topological polar surface area (TPSA) is 86.8 Å². The number of para-hydroxylation sites is 1. The second kappa shape index (κ2) is 15.4. The first kappa shape index (κ1) is 33.2. The van der Waals surface area contributed by atoms with Crippen LogP contribution in [0.4, 0.5) is 5.69 Å². The van der Waals surface area contributed by atoms with Crippen molar-refractivity contribution in [3.8, 4) is 0 Å². The van der Waals surface area contributed by atoms with Crippen LogP contribution in [0.2, 0.25) is 5.02 Å². The minimum Gasteiger partial charge on any atom is -0.352 e. The third-order valence-corrected chi connectivity index (χ3v) is 10.5. The summed E-state index contributed by atoms with van der Waals surface area (Å²) in [6.07, 6.45) is 5.30. The zero-order valence-corrected chi connectivity index (χ0v) is 27.6. The van der Waals surface area contributed by atoms with Crippen LogP contribution in [0.5, 0.6) is 0 Å². The molecule has 2 amide bonds.